The second kappa shape index (κ2) is 7.60. The highest BCUT2D eigenvalue weighted by molar-refractivity contribution is 6.32. The monoisotopic (exact) mass is 414 g/mol. The van der Waals surface area contributed by atoms with Crippen LogP contribution < -0.4 is 15.2 Å². The lowest BCUT2D eigenvalue weighted by Crippen LogP contribution is -2.15. The molecule has 0 radical (unpaired) electrons. The highest BCUT2D eigenvalue weighted by Crippen LogP contribution is 2.39. The molecule has 7 nitrogen and oxygen atoms in total. The van der Waals surface area contributed by atoms with Gasteiger partial charge in [-0.15, -0.1) is 0 Å². The fourth-order valence-electron chi connectivity index (χ4n) is 2.78. The minimum Gasteiger partial charge on any atom is -0.490 e. The van der Waals surface area contributed by atoms with Crippen LogP contribution in [0.5, 0.6) is 11.5 Å². The van der Waals surface area contributed by atoms with Crippen LogP contribution in [0, 0.1) is 17.1 Å². The molecule has 1 heterocycles. The van der Waals surface area contributed by atoms with Gasteiger partial charge in [-0.1, -0.05) is 11.6 Å². The summed E-state index contributed by atoms with van der Waals surface area (Å²) >= 11 is 6.16. The zero-order chi connectivity index (χ0) is 20.5. The van der Waals surface area contributed by atoms with E-state index >= 15 is 0 Å². The number of rotatable bonds is 6. The summed E-state index contributed by atoms with van der Waals surface area (Å²) in [5.41, 5.74) is 0.388. The maximum Gasteiger partial charge on any atom is 0.343 e. The van der Waals surface area contributed by atoms with E-state index in [0.717, 1.165) is 12.8 Å². The maximum absolute atomic E-state index is 14.7. The van der Waals surface area contributed by atoms with Crippen molar-refractivity contribution in [3.63, 3.8) is 0 Å². The molecule has 3 aromatic rings. The smallest absolute Gasteiger partial charge is 0.343 e. The molecular formula is C20H16ClFN4O3. The molecular weight excluding hydrogens is 399 g/mol. The Hall–Kier alpha value is -3.31. The highest BCUT2D eigenvalue weighted by atomic mass is 35.5. The van der Waals surface area contributed by atoms with Crippen LogP contribution in [0.4, 0.5) is 4.39 Å². The van der Waals surface area contributed by atoms with Gasteiger partial charge in [0.15, 0.2) is 5.82 Å². The van der Waals surface area contributed by atoms with Gasteiger partial charge in [-0.2, -0.15) is 10.4 Å². The number of nitriles is 1. The number of aromatic nitrogens is 3. The quantitative estimate of drug-likeness (QED) is 0.665. The predicted molar refractivity (Wildman–Crippen MR) is 103 cm³/mol. The van der Waals surface area contributed by atoms with E-state index in [0.29, 0.717) is 17.1 Å². The van der Waals surface area contributed by atoms with Gasteiger partial charge in [-0.25, -0.2) is 14.3 Å². The van der Waals surface area contributed by atoms with Crippen molar-refractivity contribution in [3.8, 4) is 28.7 Å². The van der Waals surface area contributed by atoms with Gasteiger partial charge in [0.2, 0.25) is 0 Å². The van der Waals surface area contributed by atoms with Crippen LogP contribution in [-0.2, 0) is 13.7 Å². The summed E-state index contributed by atoms with van der Waals surface area (Å²) in [5.74, 6) is 0.661. The largest absolute Gasteiger partial charge is 0.490 e. The second-order valence-corrected chi connectivity index (χ2v) is 7.10. The summed E-state index contributed by atoms with van der Waals surface area (Å²) in [6.07, 6.45) is 2.11. The second-order valence-electron chi connectivity index (χ2n) is 6.69. The highest BCUT2D eigenvalue weighted by Gasteiger charge is 2.24. The van der Waals surface area contributed by atoms with Gasteiger partial charge in [0, 0.05) is 24.2 Å². The maximum atomic E-state index is 14.7. The Kier molecular flexibility index (Phi) is 4.99. The van der Waals surface area contributed by atoms with Crippen molar-refractivity contribution in [3.05, 3.63) is 63.0 Å². The van der Waals surface area contributed by atoms with Crippen molar-refractivity contribution < 1.29 is 13.9 Å². The lowest BCUT2D eigenvalue weighted by Gasteiger charge is -2.15. The molecule has 0 atom stereocenters. The van der Waals surface area contributed by atoms with E-state index in [9.17, 15) is 14.4 Å². The first kappa shape index (κ1) is 19.0. The van der Waals surface area contributed by atoms with Crippen molar-refractivity contribution >= 4 is 11.6 Å². The topological polar surface area (TPSA) is 92.9 Å². The Labute approximate surface area is 170 Å². The molecule has 1 saturated carbocycles. The first-order chi connectivity index (χ1) is 14.0. The first-order valence-electron chi connectivity index (χ1n) is 8.89. The van der Waals surface area contributed by atoms with Crippen LogP contribution in [0.2, 0.25) is 5.02 Å². The molecule has 148 valence electrons. The zero-order valence-electron chi connectivity index (χ0n) is 15.4. The molecule has 0 unspecified atom stereocenters. The van der Waals surface area contributed by atoms with Gasteiger partial charge < -0.3 is 9.47 Å². The molecule has 0 spiro atoms. The average Bonchev–Trinajstić information content (AvgIpc) is 3.47. The molecule has 1 fully saturated rings. The van der Waals surface area contributed by atoms with Gasteiger partial charge in [0.1, 0.15) is 30.0 Å². The van der Waals surface area contributed by atoms with Crippen LogP contribution in [-0.4, -0.2) is 20.9 Å². The molecule has 0 aliphatic heterocycles. The number of benzene rings is 2. The van der Waals surface area contributed by atoms with Crippen LogP contribution in [0.15, 0.2) is 35.1 Å². The summed E-state index contributed by atoms with van der Waals surface area (Å²) in [5, 5.41) is 15.7. The number of hydrogen-bond donors (Lipinski definition) is 1. The number of nitrogens with one attached hydrogen (secondary N) is 1. The van der Waals surface area contributed by atoms with Crippen molar-refractivity contribution in [2.75, 3.05) is 0 Å². The summed E-state index contributed by atoms with van der Waals surface area (Å²) in [6.45, 7) is -0.0512. The fourth-order valence-corrected chi connectivity index (χ4v) is 2.98. The Morgan fingerprint density at radius 3 is 2.79 bits per heavy atom. The van der Waals surface area contributed by atoms with E-state index in [1.807, 2.05) is 6.07 Å². The Morgan fingerprint density at radius 2 is 2.14 bits per heavy atom. The predicted octanol–water partition coefficient (Wildman–Crippen LogP) is 3.56. The molecule has 0 saturated heterocycles. The Balaban J connectivity index is 1.74. The molecule has 9 heteroatoms. The van der Waals surface area contributed by atoms with E-state index in [4.69, 9.17) is 21.1 Å². The molecule has 29 heavy (non-hydrogen) atoms. The number of H-pyrrole nitrogens is 1. The number of nitrogens with zero attached hydrogens (tertiary/aromatic N) is 3. The average molecular weight is 415 g/mol. The molecule has 0 bridgehead atoms. The van der Waals surface area contributed by atoms with Crippen molar-refractivity contribution in [1.82, 2.24) is 14.8 Å². The van der Waals surface area contributed by atoms with Crippen molar-refractivity contribution in [2.45, 2.75) is 25.6 Å². The Bertz CT molecular complexity index is 1180. The summed E-state index contributed by atoms with van der Waals surface area (Å²) < 4.78 is 27.5. The number of ether oxygens (including phenoxy) is 2. The van der Waals surface area contributed by atoms with Gasteiger partial charge in [0.25, 0.3) is 0 Å². The standard InChI is InChI=1S/C20H16ClFN4O3/c1-26-19(24-25-20(26)27)10-28-18-8-16(21)11(9-23)6-15(18)14-7-13(4-5-17(14)22)29-12-2-3-12/h4-8,12H,2-3,10H2,1H3,(H,25,27). The van der Waals surface area contributed by atoms with Gasteiger partial charge in [-0.3, -0.25) is 4.57 Å². The molecule has 1 aliphatic carbocycles. The van der Waals surface area contributed by atoms with E-state index < -0.39 is 5.82 Å². The molecule has 1 N–H and O–H groups in total. The lowest BCUT2D eigenvalue weighted by molar-refractivity contribution is 0.292. The van der Waals surface area contributed by atoms with E-state index in [2.05, 4.69) is 10.2 Å². The minimum atomic E-state index is -0.489. The van der Waals surface area contributed by atoms with E-state index in [1.54, 1.807) is 19.2 Å². The van der Waals surface area contributed by atoms with Crippen molar-refractivity contribution in [1.29, 1.82) is 5.26 Å². The molecule has 1 aromatic heterocycles. The van der Waals surface area contributed by atoms with E-state index in [1.165, 1.54) is 22.8 Å². The minimum absolute atomic E-state index is 0.0512. The molecule has 1 aliphatic rings. The number of hydrogen-bond acceptors (Lipinski definition) is 5. The van der Waals surface area contributed by atoms with Crippen LogP contribution in [0.3, 0.4) is 0 Å². The summed E-state index contributed by atoms with van der Waals surface area (Å²) in [7, 11) is 1.55. The third-order valence-electron chi connectivity index (χ3n) is 4.57. The third kappa shape index (κ3) is 3.96. The fraction of sp³-hybridized carbons (Fsp3) is 0.250. The van der Waals surface area contributed by atoms with Gasteiger partial charge >= 0.3 is 5.69 Å². The lowest BCUT2D eigenvalue weighted by atomic mass is 10.0. The van der Waals surface area contributed by atoms with Crippen LogP contribution >= 0.6 is 11.6 Å². The normalized spacial score (nSPS) is 13.2. The molecule has 2 aromatic carbocycles. The zero-order valence-corrected chi connectivity index (χ0v) is 16.2. The first-order valence-corrected chi connectivity index (χ1v) is 9.27. The van der Waals surface area contributed by atoms with Crippen molar-refractivity contribution in [2.24, 2.45) is 7.05 Å². The number of aromatic amines is 1. The van der Waals surface area contributed by atoms with E-state index in [-0.39, 0.29) is 40.3 Å². The van der Waals surface area contributed by atoms with Gasteiger partial charge in [-0.05, 0) is 37.1 Å². The third-order valence-corrected chi connectivity index (χ3v) is 4.89. The molecule has 0 amide bonds. The van der Waals surface area contributed by atoms with Crippen LogP contribution in [0.25, 0.3) is 11.1 Å². The SMILES string of the molecule is Cn1c(COc2cc(Cl)c(C#N)cc2-c2cc(OC3CC3)ccc2F)n[nH]c1=O. The van der Waals surface area contributed by atoms with Crippen LogP contribution in [0.1, 0.15) is 24.2 Å². The summed E-state index contributed by atoms with van der Waals surface area (Å²) in [6, 6.07) is 9.38. The summed E-state index contributed by atoms with van der Waals surface area (Å²) in [4.78, 5) is 11.5. The van der Waals surface area contributed by atoms with Gasteiger partial charge in [0.05, 0.1) is 16.7 Å². The molecule has 4 rings (SSSR count). The number of halogens is 2. The Morgan fingerprint density at radius 1 is 1.34 bits per heavy atom.